The van der Waals surface area contributed by atoms with E-state index in [0.29, 0.717) is 55.7 Å². The molecule has 14 rings (SSSR count). The average molecular weight is 2260 g/mol. The molecule has 0 bridgehead atoms. The Morgan fingerprint density at radius 3 is 1.19 bits per heavy atom. The molecule has 0 atom stereocenters. The number of nitrogens with one attached hydrogen (secondary N) is 4. The van der Waals surface area contributed by atoms with Crippen LogP contribution in [-0.2, 0) is 42.3 Å². The molecule has 0 aliphatic carbocycles. The van der Waals surface area contributed by atoms with Gasteiger partial charge in [-0.15, -0.1) is 29.9 Å². The normalized spacial score (nSPS) is 10.2. The van der Waals surface area contributed by atoms with Gasteiger partial charge in [-0.25, -0.2) is 34.9 Å². The topological polar surface area (TPSA) is 360 Å². The Morgan fingerprint density at radius 2 is 0.831 bits per heavy atom. The number of carbonyl (C=O) groups excluding carboxylic acids is 2. The van der Waals surface area contributed by atoms with Crippen molar-refractivity contribution in [1.29, 1.82) is 5.26 Å². The van der Waals surface area contributed by atoms with Crippen LogP contribution in [0.2, 0.25) is 79.5 Å². The zero-order valence-electron chi connectivity index (χ0n) is 81.2. The number of hydrogen-bond acceptors (Lipinski definition) is 23. The monoisotopic (exact) mass is 2260 g/mol. The summed E-state index contributed by atoms with van der Waals surface area (Å²) in [5.74, 6) is 8.90. The van der Waals surface area contributed by atoms with E-state index >= 15 is 0 Å². The molecule has 28 nitrogen and oxygen atoms in total. The van der Waals surface area contributed by atoms with Crippen molar-refractivity contribution in [3.63, 3.8) is 0 Å². The first kappa shape index (κ1) is 127. The summed E-state index contributed by atoms with van der Waals surface area (Å²) in [6, 6.07) is 47.9. The first-order valence-electron chi connectivity index (χ1n) is 41.9. The molecular formula is C101H119Br2Cl7N17NaO11Si3. The van der Waals surface area contributed by atoms with E-state index in [1.807, 2.05) is 184 Å². The molecule has 0 fully saturated rings. The van der Waals surface area contributed by atoms with Gasteiger partial charge in [0.25, 0.3) is 22.2 Å². The van der Waals surface area contributed by atoms with Crippen LogP contribution in [0.4, 0.5) is 29.1 Å². The fourth-order valence-electron chi connectivity index (χ4n) is 11.9. The first-order chi connectivity index (χ1) is 64.7. The summed E-state index contributed by atoms with van der Waals surface area (Å²) in [7, 11) is 3.72. The molecule has 14 aromatic rings. The molecular weight excluding hydrogens is 2140 g/mol. The fraction of sp³-hybridized carbons (Fsp3) is 0.267. The molecule has 0 unspecified atom stereocenters. The number of nitrogens with zero attached hydrogens (tertiary/aromatic N) is 12. The van der Waals surface area contributed by atoms with Gasteiger partial charge in [-0.1, -0.05) is 194 Å². The number of carbonyl (C=O) groups is 2. The number of aryl methyl sites for hydroxylation is 4. The second kappa shape index (κ2) is 61.2. The van der Waals surface area contributed by atoms with Crippen LogP contribution in [0.5, 0.6) is 28.7 Å². The molecule has 750 valence electrons. The van der Waals surface area contributed by atoms with Gasteiger partial charge in [0.1, 0.15) is 89.0 Å². The molecule has 0 spiro atoms. The van der Waals surface area contributed by atoms with Crippen LogP contribution in [0, 0.1) is 62.5 Å². The smallest absolute Gasteiger partial charge is 1.00 e. The van der Waals surface area contributed by atoms with E-state index in [4.69, 9.17) is 87.5 Å². The maximum atomic E-state index is 13.3. The number of nitrogen functional groups attached to an aromatic ring is 1. The number of terminal acetylenes is 1. The van der Waals surface area contributed by atoms with Gasteiger partial charge in [0, 0.05) is 66.9 Å². The van der Waals surface area contributed by atoms with Crippen LogP contribution in [0.1, 0.15) is 79.3 Å². The van der Waals surface area contributed by atoms with Crippen molar-refractivity contribution in [2.45, 2.75) is 142 Å². The van der Waals surface area contributed by atoms with Gasteiger partial charge < -0.3 is 70.0 Å². The molecule has 9 heterocycles. The number of nitrogens with two attached hydrogens (primary N) is 1. The number of aromatic amines is 1. The number of H-pyrrole nitrogens is 1. The molecule has 0 radical (unpaired) electrons. The number of ether oxygens (including phenoxy) is 5. The molecule has 5 aromatic carbocycles. The third-order valence-electron chi connectivity index (χ3n) is 18.8. The molecule has 0 saturated carbocycles. The SMILES string of the molecule is C.C.C.C#C[Si](C)(C)C.COc1ccc(CNCC#N)cc1.COc1ccc(Cn2cc(Cl)nc(Cl)c2=O)cc1.COc1ccc(Cn2cc(Cl)nc(Nc3ncc(C)cc3Br)c2=O)cc1.COc1ccc(Cn2cc(Cl)nc(Nc3ncc(C)cc3C#C[Si](C)(C)C)c2=O)cc1.COc1ccc(Cn2cc([Si](C)(C)C)c3c([nH]c4ncc(C)cc43)c2=O)cc1.Cc1cnc(N)c(Br)c1.Cl.O=C(Cl)C(=O)Cl.[H-].[Na+]. The van der Waals surface area contributed by atoms with Crippen LogP contribution < -0.4 is 102 Å². The van der Waals surface area contributed by atoms with Gasteiger partial charge in [-0.05, 0) is 223 Å². The van der Waals surface area contributed by atoms with Crippen molar-refractivity contribution in [2.24, 2.45) is 0 Å². The zero-order valence-corrected chi connectivity index (χ0v) is 93.7. The summed E-state index contributed by atoms with van der Waals surface area (Å²) < 4.78 is 33.5. The number of halogens is 9. The number of rotatable bonds is 22. The molecule has 0 aliphatic heterocycles. The zero-order chi connectivity index (χ0) is 101. The average Bonchev–Trinajstić information content (AvgIpc) is 1.59. The number of pyridine rings is 5. The quantitative estimate of drug-likeness (QED) is 0.0105. The van der Waals surface area contributed by atoms with E-state index in [9.17, 15) is 28.8 Å². The van der Waals surface area contributed by atoms with E-state index in [2.05, 4.69) is 199 Å². The Kier molecular flexibility index (Phi) is 54.8. The second-order valence-electron chi connectivity index (χ2n) is 33.3. The van der Waals surface area contributed by atoms with E-state index in [-0.39, 0.29) is 120 Å². The first-order valence-corrected chi connectivity index (χ1v) is 56.2. The number of hydrogen-bond donors (Lipinski definition) is 5. The van der Waals surface area contributed by atoms with Crippen molar-refractivity contribution in [3.05, 3.63) is 322 Å². The number of anilines is 5. The Bertz CT molecular complexity index is 6930. The van der Waals surface area contributed by atoms with Crippen molar-refractivity contribution >= 4 is 205 Å². The van der Waals surface area contributed by atoms with Crippen LogP contribution in [0.3, 0.4) is 0 Å². The number of aromatic nitrogens is 12. The van der Waals surface area contributed by atoms with Crippen LogP contribution in [0.15, 0.2) is 223 Å². The van der Waals surface area contributed by atoms with Gasteiger partial charge >= 0.3 is 40.0 Å². The third-order valence-corrected chi connectivity index (χ3v) is 25.0. The van der Waals surface area contributed by atoms with Crippen molar-refractivity contribution in [1.82, 2.24) is 63.5 Å². The van der Waals surface area contributed by atoms with Crippen molar-refractivity contribution < 1.29 is 64.3 Å². The minimum Gasteiger partial charge on any atom is -1.00 e. The van der Waals surface area contributed by atoms with E-state index in [0.717, 1.165) is 116 Å². The van der Waals surface area contributed by atoms with Crippen molar-refractivity contribution in [3.8, 4) is 58.2 Å². The number of nitriles is 1. The fourth-order valence-corrected chi connectivity index (χ4v) is 15.8. The Labute approximate surface area is 909 Å². The molecule has 41 heteroatoms. The van der Waals surface area contributed by atoms with Crippen LogP contribution in [0.25, 0.3) is 21.9 Å². The Balaban J connectivity index is 0.000000855. The van der Waals surface area contributed by atoms with Gasteiger partial charge in [0.2, 0.25) is 0 Å². The molecule has 0 aliphatic rings. The Morgan fingerprint density at radius 1 is 0.486 bits per heavy atom. The standard InChI is InChI=1S/C23H25ClN4O2Si.C22H25N3O2Si.C18H16BrClN4O2.C12H10Cl2N2O2.C10H12N2O.C6H7BrN2.C5H10Si.C2Cl2O2.3CH4.ClH.Na.H/c1-16-12-18(10-11-31(3,4)5)21(25-13-16)27-22-23(29)28(15-20(24)26-22)14-17-6-8-19(30-2)9-7-17;1-14-10-17-19-18(28(3,4)5)13-25(12-15-6-8-16(27-2)9-7-15)22(26)20(19)24-21(17)23-11-14;1-11-7-14(19)16(21-8-11)23-17-18(25)24(10-15(20)22-17)9-12-3-5-13(26-2)6-4-12;1-18-9-4-2-8(3-5-9)6-16-7-10(13)15-11(14)12(16)17;1-13-10-4-2-9(3-5-10)8-12-7-6-11;1-4-2-5(7)6(8)9-3-4;1-5-6(2,3)4;3-1(5)2(4)6;;;;;;/h6-9,12-13,15H,14H2,1-5H3,(H,25,26,27);6-11,13H,12H2,1-5H3,(H,23,24);3-8,10H,9H2,1-2H3,(H,21,22,23);2-5,7H,6H2,1H3;2-5,12H,7-8H2,1H3;2-3H,1H3,(H2,8,9);1H,2-4H3;;3*1H4;1H;;/q;;;;;;;;;;;;+1;-1. The largest absolute Gasteiger partial charge is 1.00 e. The predicted molar refractivity (Wildman–Crippen MR) is 596 cm³/mol. The van der Waals surface area contributed by atoms with Gasteiger partial charge in [0.15, 0.2) is 16.8 Å². The summed E-state index contributed by atoms with van der Waals surface area (Å²) in [6.45, 7) is 30.5. The van der Waals surface area contributed by atoms with Gasteiger partial charge in [-0.3, -0.25) is 28.8 Å². The minimum absolute atomic E-state index is 0. The van der Waals surface area contributed by atoms with Gasteiger partial charge in [0.05, 0.1) is 96.9 Å². The maximum absolute atomic E-state index is 13.3. The number of benzene rings is 5. The van der Waals surface area contributed by atoms with Gasteiger partial charge in [-0.2, -0.15) is 5.26 Å². The molecule has 142 heavy (non-hydrogen) atoms. The summed E-state index contributed by atoms with van der Waals surface area (Å²) in [5.41, 5.74) is 21.9. The summed E-state index contributed by atoms with van der Waals surface area (Å²) >= 11 is 39.4. The summed E-state index contributed by atoms with van der Waals surface area (Å²) in [4.78, 5) is 102. The molecule has 0 saturated heterocycles. The third kappa shape index (κ3) is 41.8. The van der Waals surface area contributed by atoms with E-state index in [1.54, 1.807) is 54.1 Å². The Hall–Kier alpha value is -11.0. The number of methoxy groups -OCH3 is 5. The second-order valence-corrected chi connectivity index (χ2v) is 51.8. The van der Waals surface area contributed by atoms with Crippen LogP contribution >= 0.6 is 114 Å². The summed E-state index contributed by atoms with van der Waals surface area (Å²) in [6.07, 6.45) is 18.7. The summed E-state index contributed by atoms with van der Waals surface area (Å²) in [5, 5.41) is 18.8. The van der Waals surface area contributed by atoms with Crippen LogP contribution in [-0.4, -0.2) is 135 Å². The predicted octanol–water partition coefficient (Wildman–Crippen LogP) is 19.7. The number of fused-ring (bicyclic) bond motifs is 3. The van der Waals surface area contributed by atoms with E-state index in [1.165, 1.54) is 37.5 Å². The molecule has 9 aromatic heterocycles. The molecule has 0 amide bonds. The molecule has 6 N–H and O–H groups in total. The van der Waals surface area contributed by atoms with Crippen molar-refractivity contribution in [2.75, 3.05) is 58.5 Å². The minimum atomic E-state index is -1.71. The van der Waals surface area contributed by atoms with E-state index < -0.39 is 34.7 Å². The maximum Gasteiger partial charge on any atom is 1.00 e.